The Hall–Kier alpha value is -1.33. The van der Waals surface area contributed by atoms with Gasteiger partial charge in [-0.05, 0) is 17.5 Å². The van der Waals surface area contributed by atoms with E-state index in [-0.39, 0.29) is 0 Å². The number of hydrogen-bond donors (Lipinski definition) is 2. The van der Waals surface area contributed by atoms with E-state index in [1.54, 1.807) is 17.5 Å². The second kappa shape index (κ2) is 4.46. The molecule has 0 aromatic carbocycles. The van der Waals surface area contributed by atoms with Crippen LogP contribution in [0.4, 0.5) is 5.69 Å². The topological polar surface area (TPSA) is 55.9 Å². The monoisotopic (exact) mass is 222 g/mol. The number of nitrogens with one attached hydrogen (secondary N) is 1. The summed E-state index contributed by atoms with van der Waals surface area (Å²) in [5.41, 5.74) is 7.83. The van der Waals surface area contributed by atoms with Gasteiger partial charge in [0, 0.05) is 36.9 Å². The average Bonchev–Trinajstić information content (AvgIpc) is 2.78. The molecular weight excluding hydrogens is 208 g/mol. The molecule has 0 fully saturated rings. The van der Waals surface area contributed by atoms with Gasteiger partial charge in [0.1, 0.15) is 0 Å². The lowest BCUT2D eigenvalue weighted by molar-refractivity contribution is 0.630. The molecule has 0 amide bonds. The van der Waals surface area contributed by atoms with Crippen molar-refractivity contribution in [3.63, 3.8) is 0 Å². The first kappa shape index (κ1) is 10.2. The minimum atomic E-state index is 0.813. The molecule has 15 heavy (non-hydrogen) atoms. The lowest BCUT2D eigenvalue weighted by Crippen LogP contribution is -2.15. The highest BCUT2D eigenvalue weighted by molar-refractivity contribution is 7.10. The first-order valence-electron chi connectivity index (χ1n) is 4.77. The molecule has 4 nitrogen and oxygen atoms in total. The molecule has 0 atom stereocenters. The van der Waals surface area contributed by atoms with Crippen molar-refractivity contribution in [1.82, 2.24) is 15.1 Å². The fourth-order valence-corrected chi connectivity index (χ4v) is 2.14. The Bertz CT molecular complexity index is 392. The summed E-state index contributed by atoms with van der Waals surface area (Å²) in [5.74, 6) is 0. The van der Waals surface area contributed by atoms with E-state index >= 15 is 0 Å². The third-order valence-corrected chi connectivity index (χ3v) is 3.23. The van der Waals surface area contributed by atoms with Gasteiger partial charge in [-0.3, -0.25) is 4.68 Å². The molecule has 3 N–H and O–H groups in total. The largest absolute Gasteiger partial charge is 0.398 e. The number of aromatic nitrogens is 2. The number of anilines is 1. The molecule has 2 aromatic rings. The Labute approximate surface area is 92.7 Å². The summed E-state index contributed by atoms with van der Waals surface area (Å²) in [6, 6.07) is 3.94. The zero-order valence-corrected chi connectivity index (χ0v) is 9.42. The minimum Gasteiger partial charge on any atom is -0.398 e. The Morgan fingerprint density at radius 2 is 2.33 bits per heavy atom. The highest BCUT2D eigenvalue weighted by atomic mass is 32.1. The summed E-state index contributed by atoms with van der Waals surface area (Å²) in [6.07, 6.45) is 1.80. The van der Waals surface area contributed by atoms with E-state index in [1.165, 1.54) is 10.6 Å². The summed E-state index contributed by atoms with van der Waals surface area (Å²) < 4.78 is 1.87. The normalized spacial score (nSPS) is 10.7. The van der Waals surface area contributed by atoms with E-state index < -0.39 is 0 Å². The lowest BCUT2D eigenvalue weighted by atomic mass is 10.3. The highest BCUT2D eigenvalue weighted by Gasteiger charge is 2.01. The van der Waals surface area contributed by atoms with Gasteiger partial charge >= 0.3 is 0 Å². The second-order valence-corrected chi connectivity index (χ2v) is 4.35. The number of nitrogens with two attached hydrogens (primary N) is 1. The molecule has 0 saturated heterocycles. The van der Waals surface area contributed by atoms with Gasteiger partial charge < -0.3 is 11.1 Å². The molecule has 5 heteroatoms. The Kier molecular flexibility index (Phi) is 3.03. The fraction of sp³-hybridized carbons (Fsp3) is 0.300. The number of rotatable bonds is 4. The first-order valence-corrected chi connectivity index (χ1v) is 5.65. The molecule has 0 aliphatic heterocycles. The van der Waals surface area contributed by atoms with Crippen LogP contribution >= 0.6 is 11.3 Å². The Balaban J connectivity index is 1.86. The van der Waals surface area contributed by atoms with Crippen molar-refractivity contribution < 1.29 is 0 Å². The van der Waals surface area contributed by atoms with Gasteiger partial charge in [0.05, 0.1) is 5.69 Å². The Morgan fingerprint density at radius 1 is 1.47 bits per heavy atom. The fourth-order valence-electron chi connectivity index (χ4n) is 1.37. The van der Waals surface area contributed by atoms with Crippen LogP contribution in [0.25, 0.3) is 0 Å². The molecule has 2 heterocycles. The van der Waals surface area contributed by atoms with Crippen molar-refractivity contribution in [3.8, 4) is 0 Å². The summed E-state index contributed by atoms with van der Waals surface area (Å²) in [6.45, 7) is 1.63. The zero-order valence-electron chi connectivity index (χ0n) is 8.60. The average molecular weight is 222 g/mol. The van der Waals surface area contributed by atoms with Gasteiger partial charge in [0.2, 0.25) is 0 Å². The van der Waals surface area contributed by atoms with Crippen LogP contribution in [0.15, 0.2) is 23.7 Å². The van der Waals surface area contributed by atoms with Crippen molar-refractivity contribution in [2.24, 2.45) is 7.05 Å². The number of aryl methyl sites for hydroxylation is 1. The summed E-state index contributed by atoms with van der Waals surface area (Å²) in [5, 5.41) is 9.46. The first-order chi connectivity index (χ1) is 7.27. The van der Waals surface area contributed by atoms with Crippen molar-refractivity contribution in [3.05, 3.63) is 34.3 Å². The number of hydrogen-bond acceptors (Lipinski definition) is 4. The third kappa shape index (κ3) is 2.37. The van der Waals surface area contributed by atoms with Crippen molar-refractivity contribution >= 4 is 17.0 Å². The quantitative estimate of drug-likeness (QED) is 0.821. The molecular formula is C10H14N4S. The molecule has 0 unspecified atom stereocenters. The van der Waals surface area contributed by atoms with E-state index in [0.717, 1.165) is 18.8 Å². The van der Waals surface area contributed by atoms with E-state index in [2.05, 4.69) is 10.4 Å². The molecule has 80 valence electrons. The molecule has 0 saturated carbocycles. The van der Waals surface area contributed by atoms with Crippen LogP contribution in [-0.2, 0) is 20.1 Å². The maximum atomic E-state index is 5.78. The number of nitrogens with zero attached hydrogens (tertiary/aromatic N) is 2. The molecule has 2 aromatic heterocycles. The maximum absolute atomic E-state index is 5.78. The van der Waals surface area contributed by atoms with E-state index in [1.807, 2.05) is 29.2 Å². The number of nitrogen functional groups attached to an aromatic ring is 1. The van der Waals surface area contributed by atoms with Gasteiger partial charge in [-0.15, -0.1) is 11.3 Å². The van der Waals surface area contributed by atoms with E-state index in [4.69, 9.17) is 5.73 Å². The van der Waals surface area contributed by atoms with Crippen LogP contribution in [0.1, 0.15) is 10.6 Å². The van der Waals surface area contributed by atoms with Crippen molar-refractivity contribution in [2.75, 3.05) is 5.73 Å². The van der Waals surface area contributed by atoms with Crippen LogP contribution in [0, 0.1) is 0 Å². The highest BCUT2D eigenvalue weighted by Crippen LogP contribution is 2.18. The standard InChI is InChI=1S/C10H14N4S/c1-14-8(2-4-13-14)6-12-7-10-9(11)3-5-15-10/h2-5,12H,6-7,11H2,1H3. The molecule has 0 aliphatic rings. The predicted octanol–water partition coefficient (Wildman–Crippen LogP) is 1.35. The molecule has 0 aliphatic carbocycles. The lowest BCUT2D eigenvalue weighted by Gasteiger charge is -2.04. The van der Waals surface area contributed by atoms with E-state index in [0.29, 0.717) is 0 Å². The van der Waals surface area contributed by atoms with Crippen LogP contribution in [0.2, 0.25) is 0 Å². The summed E-state index contributed by atoms with van der Waals surface area (Å²) in [4.78, 5) is 1.19. The molecule has 2 rings (SSSR count). The van der Waals surface area contributed by atoms with Crippen molar-refractivity contribution in [1.29, 1.82) is 0 Å². The molecule has 0 bridgehead atoms. The summed E-state index contributed by atoms with van der Waals surface area (Å²) >= 11 is 1.68. The van der Waals surface area contributed by atoms with Gasteiger partial charge in [-0.25, -0.2) is 0 Å². The van der Waals surface area contributed by atoms with Gasteiger partial charge in [-0.1, -0.05) is 0 Å². The number of thiophene rings is 1. The zero-order chi connectivity index (χ0) is 10.7. The van der Waals surface area contributed by atoms with Crippen LogP contribution in [0.5, 0.6) is 0 Å². The molecule has 0 radical (unpaired) electrons. The SMILES string of the molecule is Cn1nccc1CNCc1sccc1N. The second-order valence-electron chi connectivity index (χ2n) is 3.35. The van der Waals surface area contributed by atoms with Crippen LogP contribution in [0.3, 0.4) is 0 Å². The van der Waals surface area contributed by atoms with Crippen molar-refractivity contribution in [2.45, 2.75) is 13.1 Å². The van der Waals surface area contributed by atoms with Crippen LogP contribution in [-0.4, -0.2) is 9.78 Å². The van der Waals surface area contributed by atoms with Gasteiger partial charge in [0.25, 0.3) is 0 Å². The smallest absolute Gasteiger partial charge is 0.0518 e. The summed E-state index contributed by atoms with van der Waals surface area (Å²) in [7, 11) is 1.94. The van der Waals surface area contributed by atoms with E-state index in [9.17, 15) is 0 Å². The third-order valence-electron chi connectivity index (χ3n) is 2.29. The van der Waals surface area contributed by atoms with Gasteiger partial charge in [0.15, 0.2) is 0 Å². The maximum Gasteiger partial charge on any atom is 0.0518 e. The predicted molar refractivity (Wildman–Crippen MR) is 62.5 cm³/mol. The molecule has 0 spiro atoms. The minimum absolute atomic E-state index is 0.813. The Morgan fingerprint density at radius 3 is 2.93 bits per heavy atom. The van der Waals surface area contributed by atoms with Gasteiger partial charge in [-0.2, -0.15) is 5.10 Å². The van der Waals surface area contributed by atoms with Crippen LogP contribution < -0.4 is 11.1 Å².